The summed E-state index contributed by atoms with van der Waals surface area (Å²) in [6.45, 7) is 8.29. The molecule has 23 heavy (non-hydrogen) atoms. The predicted molar refractivity (Wildman–Crippen MR) is 91.8 cm³/mol. The van der Waals surface area contributed by atoms with Crippen LogP contribution in [0.2, 0.25) is 0 Å². The van der Waals surface area contributed by atoms with Crippen molar-refractivity contribution in [3.8, 4) is 5.75 Å². The molecule has 1 amide bonds. The first kappa shape index (κ1) is 17.3. The summed E-state index contributed by atoms with van der Waals surface area (Å²) in [7, 11) is 0. The zero-order valence-corrected chi connectivity index (χ0v) is 13.7. The quantitative estimate of drug-likeness (QED) is 0.723. The van der Waals surface area contributed by atoms with Crippen molar-refractivity contribution in [2.45, 2.75) is 25.8 Å². The molecule has 0 saturated carbocycles. The number of hydrogen-bond acceptors (Lipinski definition) is 4. The lowest BCUT2D eigenvalue weighted by atomic mass is 10.0. The third-order valence-electron chi connectivity index (χ3n) is 3.88. The Morgan fingerprint density at radius 2 is 2.09 bits per heavy atom. The minimum atomic E-state index is -0.302. The first-order valence-corrected chi connectivity index (χ1v) is 8.15. The highest BCUT2D eigenvalue weighted by atomic mass is 16.5. The minimum Gasteiger partial charge on any atom is -0.493 e. The van der Waals surface area contributed by atoms with Gasteiger partial charge in [0, 0.05) is 25.4 Å². The SMILES string of the molecule is C=CCNC(=O)[C@H](C)Nc1ccc(OCC2CCOCC2)cc1. The molecule has 2 N–H and O–H groups in total. The van der Waals surface area contributed by atoms with Crippen molar-refractivity contribution in [1.82, 2.24) is 5.32 Å². The fraction of sp³-hybridized carbons (Fsp3) is 0.500. The van der Waals surface area contributed by atoms with Crippen LogP contribution >= 0.6 is 0 Å². The van der Waals surface area contributed by atoms with Crippen LogP contribution < -0.4 is 15.4 Å². The van der Waals surface area contributed by atoms with Gasteiger partial charge in [-0.15, -0.1) is 6.58 Å². The molecule has 1 atom stereocenters. The molecule has 1 heterocycles. The summed E-state index contributed by atoms with van der Waals surface area (Å²) in [4.78, 5) is 11.8. The Kier molecular flexibility index (Phi) is 6.94. The molecule has 1 saturated heterocycles. The number of carbonyl (C=O) groups is 1. The van der Waals surface area contributed by atoms with E-state index in [9.17, 15) is 4.79 Å². The normalized spacial score (nSPS) is 16.4. The number of amides is 1. The molecule has 1 aliphatic heterocycles. The monoisotopic (exact) mass is 318 g/mol. The van der Waals surface area contributed by atoms with Crippen LogP contribution in [0.5, 0.6) is 5.75 Å². The predicted octanol–water partition coefficient (Wildman–Crippen LogP) is 2.59. The average molecular weight is 318 g/mol. The van der Waals surface area contributed by atoms with Crippen molar-refractivity contribution < 1.29 is 14.3 Å². The van der Waals surface area contributed by atoms with Crippen LogP contribution in [0.3, 0.4) is 0 Å². The van der Waals surface area contributed by atoms with Gasteiger partial charge in [-0.3, -0.25) is 4.79 Å². The van der Waals surface area contributed by atoms with Gasteiger partial charge in [0.05, 0.1) is 6.61 Å². The highest BCUT2D eigenvalue weighted by Gasteiger charge is 2.14. The molecule has 1 fully saturated rings. The Balaban J connectivity index is 1.77. The lowest BCUT2D eigenvalue weighted by Crippen LogP contribution is -2.37. The van der Waals surface area contributed by atoms with E-state index in [0.29, 0.717) is 12.5 Å². The van der Waals surface area contributed by atoms with E-state index in [1.807, 2.05) is 31.2 Å². The van der Waals surface area contributed by atoms with Gasteiger partial charge in [0.1, 0.15) is 11.8 Å². The van der Waals surface area contributed by atoms with Gasteiger partial charge < -0.3 is 20.1 Å². The smallest absolute Gasteiger partial charge is 0.242 e. The number of anilines is 1. The summed E-state index contributed by atoms with van der Waals surface area (Å²) in [5, 5.41) is 5.93. The second-order valence-electron chi connectivity index (χ2n) is 5.79. The van der Waals surface area contributed by atoms with E-state index in [2.05, 4.69) is 17.2 Å². The van der Waals surface area contributed by atoms with E-state index < -0.39 is 0 Å². The van der Waals surface area contributed by atoms with Gasteiger partial charge in [-0.05, 0) is 49.9 Å². The molecule has 0 aliphatic carbocycles. The molecule has 0 radical (unpaired) electrons. The van der Waals surface area contributed by atoms with E-state index in [-0.39, 0.29) is 11.9 Å². The van der Waals surface area contributed by atoms with Crippen LogP contribution in [0.15, 0.2) is 36.9 Å². The molecule has 126 valence electrons. The Bertz CT molecular complexity index is 495. The lowest BCUT2D eigenvalue weighted by molar-refractivity contribution is -0.121. The Labute approximate surface area is 138 Å². The van der Waals surface area contributed by atoms with Crippen molar-refractivity contribution in [2.75, 3.05) is 31.7 Å². The van der Waals surface area contributed by atoms with Crippen molar-refractivity contribution in [2.24, 2.45) is 5.92 Å². The van der Waals surface area contributed by atoms with E-state index in [1.54, 1.807) is 6.08 Å². The van der Waals surface area contributed by atoms with Crippen LogP contribution in [0.1, 0.15) is 19.8 Å². The maximum absolute atomic E-state index is 11.8. The zero-order chi connectivity index (χ0) is 16.5. The van der Waals surface area contributed by atoms with E-state index in [4.69, 9.17) is 9.47 Å². The number of carbonyl (C=O) groups excluding carboxylic acids is 1. The van der Waals surface area contributed by atoms with Crippen molar-refractivity contribution >= 4 is 11.6 Å². The average Bonchev–Trinajstić information content (AvgIpc) is 2.60. The Morgan fingerprint density at radius 3 is 2.74 bits per heavy atom. The molecule has 0 spiro atoms. The van der Waals surface area contributed by atoms with Gasteiger partial charge in [0.25, 0.3) is 0 Å². The first-order chi connectivity index (χ1) is 11.2. The van der Waals surface area contributed by atoms with Crippen LogP contribution in [-0.2, 0) is 9.53 Å². The molecule has 0 bridgehead atoms. The van der Waals surface area contributed by atoms with Crippen LogP contribution in [-0.4, -0.2) is 38.3 Å². The van der Waals surface area contributed by atoms with Gasteiger partial charge >= 0.3 is 0 Å². The number of benzene rings is 1. The van der Waals surface area contributed by atoms with Gasteiger partial charge in [-0.2, -0.15) is 0 Å². The minimum absolute atomic E-state index is 0.0512. The lowest BCUT2D eigenvalue weighted by Gasteiger charge is -2.22. The molecule has 5 nitrogen and oxygen atoms in total. The van der Waals surface area contributed by atoms with Crippen LogP contribution in [0.4, 0.5) is 5.69 Å². The Hall–Kier alpha value is -2.01. The summed E-state index contributed by atoms with van der Waals surface area (Å²) in [6, 6.07) is 7.41. The van der Waals surface area contributed by atoms with Gasteiger partial charge in [0.15, 0.2) is 0 Å². The summed E-state index contributed by atoms with van der Waals surface area (Å²) < 4.78 is 11.2. The largest absolute Gasteiger partial charge is 0.493 e. The summed E-state index contributed by atoms with van der Waals surface area (Å²) in [5.41, 5.74) is 0.893. The maximum atomic E-state index is 11.8. The highest BCUT2D eigenvalue weighted by Crippen LogP contribution is 2.20. The number of ether oxygens (including phenoxy) is 2. The Morgan fingerprint density at radius 1 is 1.39 bits per heavy atom. The fourth-order valence-corrected chi connectivity index (χ4v) is 2.42. The van der Waals surface area contributed by atoms with E-state index in [0.717, 1.165) is 44.1 Å². The standard InChI is InChI=1S/C18H26N2O3/c1-3-10-19-18(21)14(2)20-16-4-6-17(7-5-16)23-13-15-8-11-22-12-9-15/h3-7,14-15,20H,1,8-13H2,2H3,(H,19,21)/t14-/m0/s1. The molecule has 1 aliphatic rings. The summed E-state index contributed by atoms with van der Waals surface area (Å²) >= 11 is 0. The molecule has 5 heteroatoms. The topological polar surface area (TPSA) is 59.6 Å². The van der Waals surface area contributed by atoms with Gasteiger partial charge in [-0.25, -0.2) is 0 Å². The third-order valence-corrected chi connectivity index (χ3v) is 3.88. The maximum Gasteiger partial charge on any atom is 0.242 e. The number of hydrogen-bond donors (Lipinski definition) is 2. The van der Waals surface area contributed by atoms with Gasteiger partial charge in [-0.1, -0.05) is 6.08 Å². The fourth-order valence-electron chi connectivity index (χ4n) is 2.42. The van der Waals surface area contributed by atoms with Crippen LogP contribution in [0.25, 0.3) is 0 Å². The first-order valence-electron chi connectivity index (χ1n) is 8.15. The van der Waals surface area contributed by atoms with E-state index >= 15 is 0 Å². The number of nitrogens with one attached hydrogen (secondary N) is 2. The molecule has 1 aromatic carbocycles. The molecule has 2 rings (SSSR count). The zero-order valence-electron chi connectivity index (χ0n) is 13.7. The van der Waals surface area contributed by atoms with Crippen molar-refractivity contribution in [3.63, 3.8) is 0 Å². The van der Waals surface area contributed by atoms with Crippen molar-refractivity contribution in [1.29, 1.82) is 0 Å². The summed E-state index contributed by atoms with van der Waals surface area (Å²) in [6.07, 6.45) is 3.79. The molecule has 0 aromatic heterocycles. The summed E-state index contributed by atoms with van der Waals surface area (Å²) in [5.74, 6) is 1.38. The molecular formula is C18H26N2O3. The van der Waals surface area contributed by atoms with Crippen LogP contribution in [0, 0.1) is 5.92 Å². The van der Waals surface area contributed by atoms with Gasteiger partial charge in [0.2, 0.25) is 5.91 Å². The highest BCUT2D eigenvalue weighted by molar-refractivity contribution is 5.84. The molecular weight excluding hydrogens is 292 g/mol. The number of rotatable bonds is 8. The van der Waals surface area contributed by atoms with Crippen molar-refractivity contribution in [3.05, 3.63) is 36.9 Å². The van der Waals surface area contributed by atoms with E-state index in [1.165, 1.54) is 0 Å². The second kappa shape index (κ2) is 9.20. The molecule has 0 unspecified atom stereocenters. The third kappa shape index (κ3) is 5.94. The molecule has 1 aromatic rings. The second-order valence-corrected chi connectivity index (χ2v) is 5.79.